The molecular weight excluding hydrogens is 376 g/mol. The zero-order chi connectivity index (χ0) is 19.5. The number of anilines is 1. The van der Waals surface area contributed by atoms with Crippen molar-refractivity contribution in [1.82, 2.24) is 0 Å². The molecule has 0 spiro atoms. The van der Waals surface area contributed by atoms with Crippen molar-refractivity contribution in [3.05, 3.63) is 39.6 Å². The summed E-state index contributed by atoms with van der Waals surface area (Å²) in [6.07, 6.45) is 0.0605. The van der Waals surface area contributed by atoms with Gasteiger partial charge in [0.2, 0.25) is 15.9 Å². The molecular formula is C17H20N2O5S2. The topological polar surface area (TPSA) is 116 Å². The first kappa shape index (κ1) is 20.1. The summed E-state index contributed by atoms with van der Waals surface area (Å²) in [7, 11) is -2.68. The lowest BCUT2D eigenvalue weighted by Gasteiger charge is -2.10. The number of sulfonamides is 1. The number of ketones is 1. The SMILES string of the molecule is COc1ccc(NC(=O)CCC(=O)c2cc(C)sc2C)cc1S(N)(=O)=O. The summed E-state index contributed by atoms with van der Waals surface area (Å²) in [5.74, 6) is -0.403. The number of nitrogens with two attached hydrogens (primary N) is 1. The van der Waals surface area contributed by atoms with E-state index in [1.165, 1.54) is 36.6 Å². The largest absolute Gasteiger partial charge is 0.495 e. The van der Waals surface area contributed by atoms with Gasteiger partial charge in [-0.05, 0) is 38.1 Å². The average molecular weight is 396 g/mol. The van der Waals surface area contributed by atoms with Crippen LogP contribution < -0.4 is 15.2 Å². The second-order valence-electron chi connectivity index (χ2n) is 5.71. The van der Waals surface area contributed by atoms with Crippen molar-refractivity contribution in [1.29, 1.82) is 0 Å². The lowest BCUT2D eigenvalue weighted by atomic mass is 10.1. The van der Waals surface area contributed by atoms with Crippen molar-refractivity contribution in [3.8, 4) is 5.75 Å². The summed E-state index contributed by atoms with van der Waals surface area (Å²) in [5, 5.41) is 7.72. The molecule has 0 aliphatic rings. The van der Waals surface area contributed by atoms with Crippen LogP contribution >= 0.6 is 11.3 Å². The highest BCUT2D eigenvalue weighted by molar-refractivity contribution is 7.89. The Bertz CT molecular complexity index is 948. The minimum absolute atomic E-state index is 0.0100. The molecule has 0 aliphatic carbocycles. The number of carbonyl (C=O) groups is 2. The van der Waals surface area contributed by atoms with Crippen LogP contribution in [0.25, 0.3) is 0 Å². The van der Waals surface area contributed by atoms with Crippen LogP contribution in [0.3, 0.4) is 0 Å². The second-order valence-corrected chi connectivity index (χ2v) is 8.70. The minimum Gasteiger partial charge on any atom is -0.495 e. The quantitative estimate of drug-likeness (QED) is 0.698. The van der Waals surface area contributed by atoms with E-state index in [4.69, 9.17) is 9.88 Å². The van der Waals surface area contributed by atoms with Gasteiger partial charge in [0.05, 0.1) is 7.11 Å². The van der Waals surface area contributed by atoms with E-state index >= 15 is 0 Å². The number of ether oxygens (including phenoxy) is 1. The summed E-state index contributed by atoms with van der Waals surface area (Å²) < 4.78 is 28.2. The molecule has 0 unspecified atom stereocenters. The number of amides is 1. The molecule has 1 heterocycles. The fourth-order valence-corrected chi connectivity index (χ4v) is 4.14. The molecule has 2 rings (SSSR count). The highest BCUT2D eigenvalue weighted by Gasteiger charge is 2.17. The van der Waals surface area contributed by atoms with E-state index in [-0.39, 0.29) is 35.0 Å². The Balaban J connectivity index is 2.04. The Kier molecular flexibility index (Phi) is 6.17. The van der Waals surface area contributed by atoms with Crippen molar-refractivity contribution < 1.29 is 22.7 Å². The van der Waals surface area contributed by atoms with Crippen LogP contribution in [0, 0.1) is 13.8 Å². The van der Waals surface area contributed by atoms with Gasteiger partial charge in [-0.25, -0.2) is 13.6 Å². The van der Waals surface area contributed by atoms with E-state index < -0.39 is 15.9 Å². The molecule has 140 valence electrons. The highest BCUT2D eigenvalue weighted by atomic mass is 32.2. The average Bonchev–Trinajstić information content (AvgIpc) is 2.90. The van der Waals surface area contributed by atoms with Crippen LogP contribution in [0.15, 0.2) is 29.2 Å². The summed E-state index contributed by atoms with van der Waals surface area (Å²) in [6.45, 7) is 3.80. The van der Waals surface area contributed by atoms with Crippen LogP contribution in [0.1, 0.15) is 33.0 Å². The lowest BCUT2D eigenvalue weighted by Crippen LogP contribution is -2.16. The number of Topliss-reactive ketones (excluding diaryl/α,β-unsaturated/α-hetero) is 1. The van der Waals surface area contributed by atoms with Crippen molar-refractivity contribution in [3.63, 3.8) is 0 Å². The van der Waals surface area contributed by atoms with Gasteiger partial charge in [0.25, 0.3) is 0 Å². The van der Waals surface area contributed by atoms with E-state index in [2.05, 4.69) is 5.32 Å². The lowest BCUT2D eigenvalue weighted by molar-refractivity contribution is -0.116. The van der Waals surface area contributed by atoms with Gasteiger partial charge in [0.15, 0.2) is 5.78 Å². The van der Waals surface area contributed by atoms with Crippen molar-refractivity contribution in [2.24, 2.45) is 5.14 Å². The first-order valence-electron chi connectivity index (χ1n) is 7.72. The standard InChI is InChI=1S/C17H20N2O5S2/c1-10-8-13(11(2)25-10)14(20)5-7-17(21)19-12-4-6-15(24-3)16(9-12)26(18,22)23/h4,6,8-9H,5,7H2,1-3H3,(H,19,21)(H2,18,22,23). The summed E-state index contributed by atoms with van der Waals surface area (Å²) in [4.78, 5) is 26.1. The number of benzene rings is 1. The zero-order valence-electron chi connectivity index (χ0n) is 14.7. The Hall–Kier alpha value is -2.23. The van der Waals surface area contributed by atoms with Crippen molar-refractivity contribution in [2.45, 2.75) is 31.6 Å². The molecule has 2 aromatic rings. The van der Waals surface area contributed by atoms with Gasteiger partial charge in [-0.15, -0.1) is 11.3 Å². The Morgan fingerprint density at radius 3 is 2.42 bits per heavy atom. The molecule has 3 N–H and O–H groups in total. The molecule has 0 saturated heterocycles. The molecule has 0 aliphatic heterocycles. The first-order chi connectivity index (χ1) is 12.1. The predicted octanol–water partition coefficient (Wildman–Crippen LogP) is 2.62. The van der Waals surface area contributed by atoms with Crippen LogP contribution in [-0.2, 0) is 14.8 Å². The molecule has 7 nitrogen and oxygen atoms in total. The van der Waals surface area contributed by atoms with Crippen LogP contribution in [0.2, 0.25) is 0 Å². The highest BCUT2D eigenvalue weighted by Crippen LogP contribution is 2.26. The summed E-state index contributed by atoms with van der Waals surface area (Å²) >= 11 is 1.54. The Morgan fingerprint density at radius 1 is 1.19 bits per heavy atom. The molecule has 1 aromatic carbocycles. The molecule has 1 amide bonds. The van der Waals surface area contributed by atoms with Gasteiger partial charge >= 0.3 is 0 Å². The number of methoxy groups -OCH3 is 1. The first-order valence-corrected chi connectivity index (χ1v) is 10.1. The minimum atomic E-state index is -4.00. The predicted molar refractivity (Wildman–Crippen MR) is 100 cm³/mol. The van der Waals surface area contributed by atoms with Crippen molar-refractivity contribution in [2.75, 3.05) is 12.4 Å². The maximum Gasteiger partial charge on any atom is 0.241 e. The summed E-state index contributed by atoms with van der Waals surface area (Å²) in [6, 6.07) is 5.94. The number of primary sulfonamides is 1. The third kappa shape index (κ3) is 4.90. The van der Waals surface area contributed by atoms with Gasteiger partial charge in [0.1, 0.15) is 10.6 Å². The molecule has 0 radical (unpaired) electrons. The molecule has 1 aromatic heterocycles. The molecule has 0 fully saturated rings. The maximum absolute atomic E-state index is 12.2. The van der Waals surface area contributed by atoms with Gasteiger partial charge in [0, 0.05) is 33.8 Å². The molecule has 0 atom stereocenters. The van der Waals surface area contributed by atoms with E-state index in [1.807, 2.05) is 19.9 Å². The van der Waals surface area contributed by atoms with Crippen LogP contribution in [0.4, 0.5) is 5.69 Å². The number of hydrogen-bond donors (Lipinski definition) is 2. The monoisotopic (exact) mass is 396 g/mol. The molecule has 0 bridgehead atoms. The summed E-state index contributed by atoms with van der Waals surface area (Å²) in [5.41, 5.74) is 0.899. The fourth-order valence-electron chi connectivity index (χ4n) is 2.47. The van der Waals surface area contributed by atoms with E-state index in [0.29, 0.717) is 5.56 Å². The number of thiophene rings is 1. The second kappa shape index (κ2) is 7.98. The number of hydrogen-bond acceptors (Lipinski definition) is 6. The van der Waals surface area contributed by atoms with Crippen molar-refractivity contribution >= 4 is 38.7 Å². The van der Waals surface area contributed by atoms with E-state index in [9.17, 15) is 18.0 Å². The maximum atomic E-state index is 12.2. The van der Waals surface area contributed by atoms with Crippen LogP contribution in [-0.4, -0.2) is 27.2 Å². The Labute approximate surface area is 156 Å². The molecule has 0 saturated carbocycles. The van der Waals surface area contributed by atoms with Gasteiger partial charge in [-0.3, -0.25) is 9.59 Å². The van der Waals surface area contributed by atoms with Crippen LogP contribution in [0.5, 0.6) is 5.75 Å². The van der Waals surface area contributed by atoms with E-state index in [1.54, 1.807) is 0 Å². The third-order valence-electron chi connectivity index (χ3n) is 3.67. The van der Waals surface area contributed by atoms with E-state index in [0.717, 1.165) is 9.75 Å². The van der Waals surface area contributed by atoms with Gasteiger partial charge in [-0.2, -0.15) is 0 Å². The smallest absolute Gasteiger partial charge is 0.241 e. The van der Waals surface area contributed by atoms with Gasteiger partial charge < -0.3 is 10.1 Å². The third-order valence-corrected chi connectivity index (χ3v) is 5.57. The Morgan fingerprint density at radius 2 is 1.88 bits per heavy atom. The molecule has 26 heavy (non-hydrogen) atoms. The number of aryl methyl sites for hydroxylation is 2. The molecule has 9 heteroatoms. The number of carbonyl (C=O) groups excluding carboxylic acids is 2. The van der Waals surface area contributed by atoms with Gasteiger partial charge in [-0.1, -0.05) is 0 Å². The normalized spacial score (nSPS) is 11.2. The number of rotatable bonds is 7. The zero-order valence-corrected chi connectivity index (χ0v) is 16.3. The number of nitrogens with one attached hydrogen (secondary N) is 1. The fraction of sp³-hybridized carbons (Fsp3) is 0.294.